The van der Waals surface area contributed by atoms with Crippen LogP contribution < -0.4 is 5.32 Å². The first-order valence-corrected chi connectivity index (χ1v) is 7.10. The Hall–Kier alpha value is -0.610. The molecule has 1 fully saturated rings. The summed E-state index contributed by atoms with van der Waals surface area (Å²) in [6, 6.07) is 0.219. The maximum absolute atomic E-state index is 12.5. The Morgan fingerprint density at radius 1 is 1.39 bits per heavy atom. The van der Waals surface area contributed by atoms with Crippen LogP contribution in [0.25, 0.3) is 0 Å². The summed E-state index contributed by atoms with van der Waals surface area (Å²) < 4.78 is 5.12. The molecule has 1 aliphatic rings. The summed E-state index contributed by atoms with van der Waals surface area (Å²) in [6.07, 6.45) is 3.20. The minimum absolute atomic E-state index is 0.0217. The van der Waals surface area contributed by atoms with E-state index in [0.717, 1.165) is 19.3 Å². The molecular formula is C14H28N2O2. The van der Waals surface area contributed by atoms with Crippen LogP contribution in [0.15, 0.2) is 0 Å². The van der Waals surface area contributed by atoms with Gasteiger partial charge in [0.25, 0.3) is 0 Å². The number of nitrogens with zero attached hydrogens (tertiary/aromatic N) is 1. The van der Waals surface area contributed by atoms with Gasteiger partial charge in [-0.1, -0.05) is 27.2 Å². The minimum atomic E-state index is -0.0217. The van der Waals surface area contributed by atoms with Crippen molar-refractivity contribution in [3.63, 3.8) is 0 Å². The zero-order valence-electron chi connectivity index (χ0n) is 12.4. The van der Waals surface area contributed by atoms with Crippen LogP contribution in [0.3, 0.4) is 0 Å². The maximum atomic E-state index is 12.5. The van der Waals surface area contributed by atoms with Crippen LogP contribution in [-0.4, -0.2) is 42.8 Å². The first-order chi connectivity index (χ1) is 8.52. The second kappa shape index (κ2) is 7.10. The number of methoxy groups -OCH3 is 1. The normalized spacial score (nSPS) is 26.1. The number of carbonyl (C=O) groups excluding carboxylic acids is 1. The average molecular weight is 256 g/mol. The van der Waals surface area contributed by atoms with Gasteiger partial charge in [-0.25, -0.2) is 0 Å². The summed E-state index contributed by atoms with van der Waals surface area (Å²) in [5.41, 5.74) is 0. The Morgan fingerprint density at radius 3 is 2.56 bits per heavy atom. The SMILES string of the molecule is CCCC1NC(C(C)C)C(=O)N1C(C)CCOC. The molecule has 18 heavy (non-hydrogen) atoms. The van der Waals surface area contributed by atoms with Gasteiger partial charge in [0.15, 0.2) is 0 Å². The fourth-order valence-electron chi connectivity index (χ4n) is 2.60. The fraction of sp³-hybridized carbons (Fsp3) is 0.929. The molecule has 0 aromatic heterocycles. The van der Waals surface area contributed by atoms with Crippen LogP contribution in [0.5, 0.6) is 0 Å². The molecular weight excluding hydrogens is 228 g/mol. The predicted molar refractivity (Wildman–Crippen MR) is 73.3 cm³/mol. The largest absolute Gasteiger partial charge is 0.385 e. The molecule has 1 aliphatic heterocycles. The summed E-state index contributed by atoms with van der Waals surface area (Å²) in [5.74, 6) is 0.600. The molecule has 1 amide bonds. The minimum Gasteiger partial charge on any atom is -0.385 e. The van der Waals surface area contributed by atoms with Crippen LogP contribution in [0.2, 0.25) is 0 Å². The molecule has 1 N–H and O–H groups in total. The third-order valence-corrected chi connectivity index (χ3v) is 3.67. The Morgan fingerprint density at radius 2 is 2.06 bits per heavy atom. The molecule has 0 aromatic carbocycles. The Kier molecular flexibility index (Phi) is 6.09. The van der Waals surface area contributed by atoms with Gasteiger partial charge < -0.3 is 9.64 Å². The lowest BCUT2D eigenvalue weighted by atomic mass is 10.0. The quantitative estimate of drug-likeness (QED) is 0.757. The van der Waals surface area contributed by atoms with Crippen molar-refractivity contribution in [2.24, 2.45) is 5.92 Å². The molecule has 0 bridgehead atoms. The van der Waals surface area contributed by atoms with E-state index in [0.29, 0.717) is 12.5 Å². The first-order valence-electron chi connectivity index (χ1n) is 7.10. The van der Waals surface area contributed by atoms with Crippen molar-refractivity contribution in [2.75, 3.05) is 13.7 Å². The Bertz CT molecular complexity index is 269. The van der Waals surface area contributed by atoms with Gasteiger partial charge in [-0.3, -0.25) is 10.1 Å². The average Bonchev–Trinajstić information content (AvgIpc) is 2.64. The summed E-state index contributed by atoms with van der Waals surface area (Å²) in [5, 5.41) is 3.48. The topological polar surface area (TPSA) is 41.6 Å². The molecule has 0 spiro atoms. The summed E-state index contributed by atoms with van der Waals surface area (Å²) >= 11 is 0. The fourth-order valence-corrected chi connectivity index (χ4v) is 2.60. The smallest absolute Gasteiger partial charge is 0.241 e. The molecule has 0 saturated carbocycles. The van der Waals surface area contributed by atoms with Gasteiger partial charge in [0.1, 0.15) is 0 Å². The van der Waals surface area contributed by atoms with E-state index in [9.17, 15) is 4.79 Å². The number of carbonyl (C=O) groups is 1. The molecule has 4 heteroatoms. The molecule has 106 valence electrons. The van der Waals surface area contributed by atoms with Crippen molar-refractivity contribution in [1.82, 2.24) is 10.2 Å². The van der Waals surface area contributed by atoms with Gasteiger partial charge in [0, 0.05) is 19.8 Å². The first kappa shape index (κ1) is 15.4. The molecule has 1 saturated heterocycles. The molecule has 1 rings (SSSR count). The number of amides is 1. The van der Waals surface area contributed by atoms with Gasteiger partial charge in [0.05, 0.1) is 12.2 Å². The highest BCUT2D eigenvalue weighted by Crippen LogP contribution is 2.23. The van der Waals surface area contributed by atoms with Crippen molar-refractivity contribution in [1.29, 1.82) is 0 Å². The van der Waals surface area contributed by atoms with Crippen LogP contribution in [0, 0.1) is 5.92 Å². The van der Waals surface area contributed by atoms with E-state index in [-0.39, 0.29) is 24.2 Å². The van der Waals surface area contributed by atoms with E-state index in [1.54, 1.807) is 7.11 Å². The number of nitrogens with one attached hydrogen (secondary N) is 1. The summed E-state index contributed by atoms with van der Waals surface area (Å²) in [4.78, 5) is 14.5. The molecule has 4 nitrogen and oxygen atoms in total. The van der Waals surface area contributed by atoms with E-state index in [4.69, 9.17) is 4.74 Å². The number of hydrogen-bond donors (Lipinski definition) is 1. The number of ether oxygens (including phenoxy) is 1. The van der Waals surface area contributed by atoms with E-state index in [2.05, 4.69) is 33.0 Å². The molecule has 0 aromatic rings. The van der Waals surface area contributed by atoms with Gasteiger partial charge >= 0.3 is 0 Å². The van der Waals surface area contributed by atoms with Crippen LogP contribution >= 0.6 is 0 Å². The molecule has 3 atom stereocenters. The lowest BCUT2D eigenvalue weighted by molar-refractivity contribution is -0.133. The lowest BCUT2D eigenvalue weighted by Crippen LogP contribution is -2.43. The van der Waals surface area contributed by atoms with Gasteiger partial charge in [0.2, 0.25) is 5.91 Å². The maximum Gasteiger partial charge on any atom is 0.241 e. The number of hydrogen-bond acceptors (Lipinski definition) is 3. The monoisotopic (exact) mass is 256 g/mol. The van der Waals surface area contributed by atoms with Crippen LogP contribution in [-0.2, 0) is 9.53 Å². The second-order valence-electron chi connectivity index (χ2n) is 5.57. The van der Waals surface area contributed by atoms with Gasteiger partial charge in [-0.15, -0.1) is 0 Å². The summed E-state index contributed by atoms with van der Waals surface area (Å²) in [6.45, 7) is 9.18. The number of rotatable bonds is 7. The molecule has 3 unspecified atom stereocenters. The van der Waals surface area contributed by atoms with Crippen molar-refractivity contribution in [2.45, 2.75) is 65.2 Å². The van der Waals surface area contributed by atoms with Crippen molar-refractivity contribution in [3.05, 3.63) is 0 Å². The molecule has 0 aliphatic carbocycles. The lowest BCUT2D eigenvalue weighted by Gasteiger charge is -2.30. The Balaban J connectivity index is 2.73. The van der Waals surface area contributed by atoms with Gasteiger partial charge in [-0.2, -0.15) is 0 Å². The van der Waals surface area contributed by atoms with Crippen LogP contribution in [0.4, 0.5) is 0 Å². The third kappa shape index (κ3) is 3.45. The van der Waals surface area contributed by atoms with Crippen molar-refractivity contribution >= 4 is 5.91 Å². The van der Waals surface area contributed by atoms with Gasteiger partial charge in [-0.05, 0) is 25.7 Å². The predicted octanol–water partition coefficient (Wildman–Crippen LogP) is 1.99. The highest BCUT2D eigenvalue weighted by molar-refractivity contribution is 5.84. The highest BCUT2D eigenvalue weighted by atomic mass is 16.5. The molecule has 0 radical (unpaired) electrons. The third-order valence-electron chi connectivity index (χ3n) is 3.67. The zero-order chi connectivity index (χ0) is 13.7. The second-order valence-corrected chi connectivity index (χ2v) is 5.57. The molecule has 1 heterocycles. The van der Waals surface area contributed by atoms with E-state index >= 15 is 0 Å². The van der Waals surface area contributed by atoms with E-state index in [1.807, 2.05) is 4.90 Å². The zero-order valence-corrected chi connectivity index (χ0v) is 12.4. The Labute approximate surface area is 111 Å². The summed E-state index contributed by atoms with van der Waals surface area (Å²) in [7, 11) is 1.71. The van der Waals surface area contributed by atoms with Crippen molar-refractivity contribution < 1.29 is 9.53 Å². The van der Waals surface area contributed by atoms with Crippen molar-refractivity contribution in [3.8, 4) is 0 Å². The van der Waals surface area contributed by atoms with E-state index < -0.39 is 0 Å². The standard InChI is InChI=1S/C14H28N2O2/c1-6-7-12-15-13(10(2)3)14(17)16(12)11(4)8-9-18-5/h10-13,15H,6-9H2,1-5H3. The van der Waals surface area contributed by atoms with E-state index in [1.165, 1.54) is 0 Å². The highest BCUT2D eigenvalue weighted by Gasteiger charge is 2.41. The van der Waals surface area contributed by atoms with Crippen LogP contribution in [0.1, 0.15) is 47.0 Å².